The van der Waals surface area contributed by atoms with Crippen molar-refractivity contribution in [3.8, 4) is 6.07 Å². The monoisotopic (exact) mass is 243 g/mol. The van der Waals surface area contributed by atoms with Gasteiger partial charge in [0.1, 0.15) is 18.0 Å². The quantitative estimate of drug-likeness (QED) is 0.817. The van der Waals surface area contributed by atoms with Crippen molar-refractivity contribution in [3.05, 3.63) is 25.0 Å². The lowest BCUT2D eigenvalue weighted by atomic mass is 10.00. The average Bonchev–Trinajstić information content (AvgIpc) is 2.45. The molecule has 0 bridgehead atoms. The third kappa shape index (κ3) is 2.98. The van der Waals surface area contributed by atoms with E-state index in [1.165, 1.54) is 0 Å². The van der Waals surface area contributed by atoms with Crippen LogP contribution in [0, 0.1) is 17.2 Å². The van der Waals surface area contributed by atoms with Crippen molar-refractivity contribution in [3.63, 3.8) is 0 Å². The van der Waals surface area contributed by atoms with Gasteiger partial charge in [0.15, 0.2) is 0 Å². The molecule has 1 N–H and O–H groups in total. The van der Waals surface area contributed by atoms with Crippen LogP contribution in [-0.2, 0) is 0 Å². The summed E-state index contributed by atoms with van der Waals surface area (Å²) < 4.78 is 0. The molecule has 5 nitrogen and oxygen atoms in total. The second-order valence-electron chi connectivity index (χ2n) is 4.35. The molecule has 1 aromatic rings. The fraction of sp³-hybridized carbons (Fsp3) is 0.462. The summed E-state index contributed by atoms with van der Waals surface area (Å²) >= 11 is 0. The first kappa shape index (κ1) is 12.4. The minimum absolute atomic E-state index is 0.110. The van der Waals surface area contributed by atoms with E-state index in [4.69, 9.17) is 5.26 Å². The van der Waals surface area contributed by atoms with Gasteiger partial charge in [-0.3, -0.25) is 0 Å². The first-order valence-corrected chi connectivity index (χ1v) is 6.15. The number of hydrogen-bond donors (Lipinski definition) is 1. The molecule has 0 aliphatic carbocycles. The number of hydrogen-bond acceptors (Lipinski definition) is 5. The lowest BCUT2D eigenvalue weighted by Gasteiger charge is -2.30. The fourth-order valence-electron chi connectivity index (χ4n) is 2.08. The van der Waals surface area contributed by atoms with Crippen LogP contribution in [0.5, 0.6) is 0 Å². The molecule has 1 saturated heterocycles. The zero-order valence-corrected chi connectivity index (χ0v) is 10.3. The van der Waals surface area contributed by atoms with Gasteiger partial charge < -0.3 is 10.2 Å². The summed E-state index contributed by atoms with van der Waals surface area (Å²) in [5, 5.41) is 12.1. The molecular weight excluding hydrogens is 226 g/mol. The Morgan fingerprint density at radius 3 is 3.28 bits per heavy atom. The predicted molar refractivity (Wildman–Crippen MR) is 71.3 cm³/mol. The molecule has 0 amide bonds. The number of anilines is 2. The molecule has 2 heterocycles. The Labute approximate surface area is 107 Å². The van der Waals surface area contributed by atoms with Crippen molar-refractivity contribution in [1.29, 1.82) is 5.26 Å². The fourth-order valence-corrected chi connectivity index (χ4v) is 2.08. The molecular formula is C13H17N5. The van der Waals surface area contributed by atoms with Gasteiger partial charge in [-0.15, -0.1) is 6.58 Å². The van der Waals surface area contributed by atoms with Crippen LogP contribution in [-0.4, -0.2) is 29.6 Å². The van der Waals surface area contributed by atoms with Gasteiger partial charge in [-0.2, -0.15) is 5.26 Å². The van der Waals surface area contributed by atoms with Gasteiger partial charge in [0, 0.05) is 25.7 Å². The van der Waals surface area contributed by atoms with Crippen LogP contribution >= 0.6 is 0 Å². The van der Waals surface area contributed by atoms with Gasteiger partial charge in [-0.1, -0.05) is 6.08 Å². The van der Waals surface area contributed by atoms with E-state index in [1.807, 2.05) is 6.07 Å². The summed E-state index contributed by atoms with van der Waals surface area (Å²) in [6.07, 6.45) is 5.36. The molecule has 1 atom stereocenters. The summed E-state index contributed by atoms with van der Waals surface area (Å²) in [6, 6.07) is 4.26. The maximum atomic E-state index is 8.99. The van der Waals surface area contributed by atoms with E-state index in [0.29, 0.717) is 6.54 Å². The van der Waals surface area contributed by atoms with Crippen LogP contribution in [0.15, 0.2) is 25.0 Å². The van der Waals surface area contributed by atoms with Gasteiger partial charge in [0.25, 0.3) is 0 Å². The number of aromatic nitrogens is 2. The van der Waals surface area contributed by atoms with Crippen molar-refractivity contribution < 1.29 is 0 Å². The Bertz CT molecular complexity index is 451. The second kappa shape index (κ2) is 6.01. The first-order chi connectivity index (χ1) is 8.83. The number of rotatable bonds is 4. The molecule has 5 heteroatoms. The molecule has 0 radical (unpaired) electrons. The lowest BCUT2D eigenvalue weighted by molar-refractivity contribution is 0.490. The molecule has 1 fully saturated rings. The summed E-state index contributed by atoms with van der Waals surface area (Å²) in [6.45, 7) is 6.05. The minimum atomic E-state index is 0.110. The van der Waals surface area contributed by atoms with E-state index in [9.17, 15) is 0 Å². The maximum Gasteiger partial charge on any atom is 0.134 e. The highest BCUT2D eigenvalue weighted by atomic mass is 15.2. The molecule has 0 spiro atoms. The normalized spacial score (nSPS) is 19.1. The Hall–Kier alpha value is -2.09. The molecule has 0 saturated carbocycles. The van der Waals surface area contributed by atoms with E-state index in [2.05, 4.69) is 32.8 Å². The number of piperidine rings is 1. The van der Waals surface area contributed by atoms with Crippen molar-refractivity contribution in [2.24, 2.45) is 5.92 Å². The molecule has 2 rings (SSSR count). The van der Waals surface area contributed by atoms with Crippen molar-refractivity contribution in [1.82, 2.24) is 9.97 Å². The minimum Gasteiger partial charge on any atom is -0.366 e. The van der Waals surface area contributed by atoms with Gasteiger partial charge in [-0.25, -0.2) is 9.97 Å². The Morgan fingerprint density at radius 1 is 1.61 bits per heavy atom. The van der Waals surface area contributed by atoms with E-state index in [0.717, 1.165) is 37.6 Å². The SMILES string of the molecule is C=CCNc1cc(N2CCCC(C#N)C2)ncn1. The zero-order valence-electron chi connectivity index (χ0n) is 10.3. The van der Waals surface area contributed by atoms with Crippen LogP contribution in [0.25, 0.3) is 0 Å². The van der Waals surface area contributed by atoms with Crippen LogP contribution < -0.4 is 10.2 Å². The topological polar surface area (TPSA) is 64.8 Å². The Kier molecular flexibility index (Phi) is 4.13. The number of nitrogens with zero attached hydrogens (tertiary/aromatic N) is 4. The number of nitrogens with one attached hydrogen (secondary N) is 1. The van der Waals surface area contributed by atoms with Gasteiger partial charge in [0.2, 0.25) is 0 Å². The summed E-state index contributed by atoms with van der Waals surface area (Å²) in [4.78, 5) is 10.6. The van der Waals surface area contributed by atoms with E-state index in [1.54, 1.807) is 12.4 Å². The Balaban J connectivity index is 2.07. The zero-order chi connectivity index (χ0) is 12.8. The molecule has 18 heavy (non-hydrogen) atoms. The highest BCUT2D eigenvalue weighted by molar-refractivity contribution is 5.49. The van der Waals surface area contributed by atoms with Crippen LogP contribution in [0.4, 0.5) is 11.6 Å². The highest BCUT2D eigenvalue weighted by Gasteiger charge is 2.20. The molecule has 1 aliphatic rings. The highest BCUT2D eigenvalue weighted by Crippen LogP contribution is 2.22. The van der Waals surface area contributed by atoms with Gasteiger partial charge in [-0.05, 0) is 12.8 Å². The van der Waals surface area contributed by atoms with Crippen LogP contribution in [0.1, 0.15) is 12.8 Å². The molecule has 0 aromatic carbocycles. The van der Waals surface area contributed by atoms with E-state index in [-0.39, 0.29) is 5.92 Å². The average molecular weight is 243 g/mol. The molecule has 1 unspecified atom stereocenters. The van der Waals surface area contributed by atoms with Crippen molar-refractivity contribution >= 4 is 11.6 Å². The van der Waals surface area contributed by atoms with E-state index >= 15 is 0 Å². The molecule has 1 aliphatic heterocycles. The van der Waals surface area contributed by atoms with Gasteiger partial charge in [0.05, 0.1) is 12.0 Å². The third-order valence-corrected chi connectivity index (χ3v) is 3.01. The predicted octanol–water partition coefficient (Wildman–Crippen LogP) is 1.81. The number of nitriles is 1. The smallest absolute Gasteiger partial charge is 0.134 e. The van der Waals surface area contributed by atoms with Crippen LogP contribution in [0.2, 0.25) is 0 Å². The van der Waals surface area contributed by atoms with Crippen LogP contribution in [0.3, 0.4) is 0 Å². The van der Waals surface area contributed by atoms with Crippen molar-refractivity contribution in [2.45, 2.75) is 12.8 Å². The second-order valence-corrected chi connectivity index (χ2v) is 4.35. The summed E-state index contributed by atoms with van der Waals surface area (Å²) in [7, 11) is 0. The van der Waals surface area contributed by atoms with Crippen molar-refractivity contribution in [2.75, 3.05) is 29.9 Å². The summed E-state index contributed by atoms with van der Waals surface area (Å²) in [5.74, 6) is 1.79. The molecule has 1 aromatic heterocycles. The largest absolute Gasteiger partial charge is 0.366 e. The lowest BCUT2D eigenvalue weighted by Crippen LogP contribution is -2.35. The first-order valence-electron chi connectivity index (χ1n) is 6.15. The molecule has 94 valence electrons. The Morgan fingerprint density at radius 2 is 2.50 bits per heavy atom. The summed E-state index contributed by atoms with van der Waals surface area (Å²) in [5.41, 5.74) is 0. The standard InChI is InChI=1S/C13H17N5/c1-2-5-15-12-7-13(17-10-16-12)18-6-3-4-11(8-14)9-18/h2,7,10-11H,1,3-6,9H2,(H,15,16,17). The van der Waals surface area contributed by atoms with Gasteiger partial charge >= 0.3 is 0 Å². The third-order valence-electron chi connectivity index (χ3n) is 3.01. The van der Waals surface area contributed by atoms with E-state index < -0.39 is 0 Å². The maximum absolute atomic E-state index is 8.99.